The van der Waals surface area contributed by atoms with Gasteiger partial charge in [0.2, 0.25) is 0 Å². The van der Waals surface area contributed by atoms with Crippen LogP contribution in [0.15, 0.2) is 24.3 Å². The minimum Gasteiger partial charge on any atom is -0.324 e. The smallest absolute Gasteiger partial charge is 0.0453 e. The van der Waals surface area contributed by atoms with Crippen LogP contribution in [-0.2, 0) is 0 Å². The SMILES string of the molecule is CC(C)(C)CC(N)c1ccccc1Cl.Cl. The minimum absolute atomic E-state index is 0. The van der Waals surface area contributed by atoms with Gasteiger partial charge in [0.1, 0.15) is 0 Å². The van der Waals surface area contributed by atoms with Crippen molar-refractivity contribution in [1.29, 1.82) is 0 Å². The van der Waals surface area contributed by atoms with Crippen molar-refractivity contribution in [3.63, 3.8) is 0 Å². The largest absolute Gasteiger partial charge is 0.324 e. The molecule has 1 unspecified atom stereocenters. The van der Waals surface area contributed by atoms with E-state index in [0.29, 0.717) is 0 Å². The van der Waals surface area contributed by atoms with Crippen LogP contribution in [0.3, 0.4) is 0 Å². The zero-order valence-electron chi connectivity index (χ0n) is 9.46. The van der Waals surface area contributed by atoms with E-state index in [1.54, 1.807) is 0 Å². The van der Waals surface area contributed by atoms with Gasteiger partial charge in [-0.25, -0.2) is 0 Å². The predicted molar refractivity (Wildman–Crippen MR) is 69.7 cm³/mol. The topological polar surface area (TPSA) is 26.0 Å². The summed E-state index contributed by atoms with van der Waals surface area (Å²) >= 11 is 6.07. The molecule has 0 amide bonds. The maximum Gasteiger partial charge on any atom is 0.0453 e. The minimum atomic E-state index is 0. The van der Waals surface area contributed by atoms with Crippen LogP contribution in [0.25, 0.3) is 0 Å². The molecule has 0 radical (unpaired) electrons. The third-order valence-electron chi connectivity index (χ3n) is 2.14. The zero-order chi connectivity index (χ0) is 10.8. The summed E-state index contributed by atoms with van der Waals surface area (Å²) in [6, 6.07) is 7.82. The van der Waals surface area contributed by atoms with Gasteiger partial charge >= 0.3 is 0 Å². The molecule has 0 aliphatic heterocycles. The first-order valence-electron chi connectivity index (χ1n) is 4.90. The van der Waals surface area contributed by atoms with E-state index in [0.717, 1.165) is 17.0 Å². The monoisotopic (exact) mass is 247 g/mol. The Morgan fingerprint density at radius 3 is 2.27 bits per heavy atom. The molecular weight excluding hydrogens is 229 g/mol. The maximum atomic E-state index is 6.10. The number of rotatable bonds is 2. The van der Waals surface area contributed by atoms with Gasteiger partial charge in [-0.15, -0.1) is 12.4 Å². The molecule has 1 aromatic rings. The highest BCUT2D eigenvalue weighted by atomic mass is 35.5. The van der Waals surface area contributed by atoms with Crippen LogP contribution in [0, 0.1) is 5.41 Å². The fourth-order valence-corrected chi connectivity index (χ4v) is 1.82. The van der Waals surface area contributed by atoms with Gasteiger partial charge in [-0.3, -0.25) is 0 Å². The Morgan fingerprint density at radius 1 is 1.27 bits per heavy atom. The van der Waals surface area contributed by atoms with Gasteiger partial charge < -0.3 is 5.73 Å². The van der Waals surface area contributed by atoms with Crippen molar-refractivity contribution in [3.05, 3.63) is 34.9 Å². The lowest BCUT2D eigenvalue weighted by Crippen LogP contribution is -2.18. The van der Waals surface area contributed by atoms with Crippen molar-refractivity contribution in [2.45, 2.75) is 33.2 Å². The molecule has 15 heavy (non-hydrogen) atoms. The highest BCUT2D eigenvalue weighted by Crippen LogP contribution is 2.30. The standard InChI is InChI=1S/C12H18ClN.ClH/c1-12(2,3)8-11(14)9-6-4-5-7-10(9)13;/h4-7,11H,8,14H2,1-3H3;1H. The lowest BCUT2D eigenvalue weighted by Gasteiger charge is -2.23. The molecular formula is C12H19Cl2N. The van der Waals surface area contributed by atoms with Crippen molar-refractivity contribution in [2.24, 2.45) is 11.1 Å². The van der Waals surface area contributed by atoms with Crippen molar-refractivity contribution in [2.75, 3.05) is 0 Å². The molecule has 0 aliphatic carbocycles. The van der Waals surface area contributed by atoms with Gasteiger partial charge in [0, 0.05) is 11.1 Å². The van der Waals surface area contributed by atoms with Crippen LogP contribution in [0.1, 0.15) is 38.8 Å². The van der Waals surface area contributed by atoms with E-state index in [2.05, 4.69) is 20.8 Å². The van der Waals surface area contributed by atoms with Crippen molar-refractivity contribution < 1.29 is 0 Å². The first kappa shape index (κ1) is 14.8. The molecule has 2 N–H and O–H groups in total. The average Bonchev–Trinajstić information content (AvgIpc) is 2.01. The van der Waals surface area contributed by atoms with Crippen molar-refractivity contribution in [1.82, 2.24) is 0 Å². The lowest BCUT2D eigenvalue weighted by atomic mass is 9.86. The number of benzene rings is 1. The fraction of sp³-hybridized carbons (Fsp3) is 0.500. The molecule has 0 aliphatic rings. The molecule has 1 nitrogen and oxygen atoms in total. The highest BCUT2D eigenvalue weighted by Gasteiger charge is 2.18. The van der Waals surface area contributed by atoms with Crippen molar-refractivity contribution in [3.8, 4) is 0 Å². The average molecular weight is 248 g/mol. The number of hydrogen-bond donors (Lipinski definition) is 1. The van der Waals surface area contributed by atoms with E-state index in [1.165, 1.54) is 0 Å². The molecule has 0 saturated carbocycles. The second kappa shape index (κ2) is 5.74. The Morgan fingerprint density at radius 2 is 1.80 bits per heavy atom. The van der Waals surface area contributed by atoms with Crippen LogP contribution in [0.2, 0.25) is 5.02 Å². The van der Waals surface area contributed by atoms with Crippen molar-refractivity contribution >= 4 is 24.0 Å². The molecule has 0 saturated heterocycles. The first-order chi connectivity index (χ1) is 6.40. The number of hydrogen-bond acceptors (Lipinski definition) is 1. The van der Waals surface area contributed by atoms with Gasteiger partial charge in [0.25, 0.3) is 0 Å². The Hall–Kier alpha value is -0.240. The number of halogens is 2. The van der Waals surface area contributed by atoms with Gasteiger partial charge in [-0.1, -0.05) is 50.6 Å². The van der Waals surface area contributed by atoms with Gasteiger partial charge in [0.05, 0.1) is 0 Å². The summed E-state index contributed by atoms with van der Waals surface area (Å²) in [5.41, 5.74) is 7.38. The molecule has 1 rings (SSSR count). The molecule has 3 heteroatoms. The van der Waals surface area contributed by atoms with Crippen LogP contribution in [0.4, 0.5) is 0 Å². The Kier molecular flexibility index (Phi) is 5.65. The summed E-state index contributed by atoms with van der Waals surface area (Å²) < 4.78 is 0. The first-order valence-corrected chi connectivity index (χ1v) is 5.28. The van der Waals surface area contributed by atoms with E-state index in [9.17, 15) is 0 Å². The second-order valence-electron chi connectivity index (χ2n) is 4.89. The van der Waals surface area contributed by atoms with Gasteiger partial charge in [-0.2, -0.15) is 0 Å². The van der Waals surface area contributed by atoms with Crippen LogP contribution < -0.4 is 5.73 Å². The second-order valence-corrected chi connectivity index (χ2v) is 5.30. The highest BCUT2D eigenvalue weighted by molar-refractivity contribution is 6.31. The Balaban J connectivity index is 0.00000196. The number of nitrogens with two attached hydrogens (primary N) is 1. The summed E-state index contributed by atoms with van der Waals surface area (Å²) in [6.07, 6.45) is 0.941. The molecule has 0 fully saturated rings. The summed E-state index contributed by atoms with van der Waals surface area (Å²) in [5.74, 6) is 0. The predicted octanol–water partition coefficient (Wildman–Crippen LogP) is 4.20. The van der Waals surface area contributed by atoms with E-state index >= 15 is 0 Å². The summed E-state index contributed by atoms with van der Waals surface area (Å²) in [5, 5.41) is 0.768. The normalized spacial score (nSPS) is 13.1. The Labute approximate surface area is 103 Å². The van der Waals surface area contributed by atoms with Crippen LogP contribution >= 0.6 is 24.0 Å². The summed E-state index contributed by atoms with van der Waals surface area (Å²) in [4.78, 5) is 0. The lowest BCUT2D eigenvalue weighted by molar-refractivity contribution is 0.343. The molecule has 0 aromatic heterocycles. The third-order valence-corrected chi connectivity index (χ3v) is 2.48. The van der Waals surface area contributed by atoms with Gasteiger partial charge in [-0.05, 0) is 23.5 Å². The summed E-state index contributed by atoms with van der Waals surface area (Å²) in [6.45, 7) is 6.55. The third kappa shape index (κ3) is 4.87. The summed E-state index contributed by atoms with van der Waals surface area (Å²) in [7, 11) is 0. The van der Waals surface area contributed by atoms with E-state index in [4.69, 9.17) is 17.3 Å². The molecule has 0 spiro atoms. The zero-order valence-corrected chi connectivity index (χ0v) is 11.0. The maximum absolute atomic E-state index is 6.10. The Bertz CT molecular complexity index is 305. The van der Waals surface area contributed by atoms with Crippen LogP contribution in [0.5, 0.6) is 0 Å². The van der Waals surface area contributed by atoms with Gasteiger partial charge in [0.15, 0.2) is 0 Å². The fourth-order valence-electron chi connectivity index (χ4n) is 1.55. The molecule has 0 heterocycles. The quantitative estimate of drug-likeness (QED) is 0.834. The van der Waals surface area contributed by atoms with Crippen LogP contribution in [-0.4, -0.2) is 0 Å². The molecule has 1 aromatic carbocycles. The van der Waals surface area contributed by atoms with E-state index < -0.39 is 0 Å². The molecule has 1 atom stereocenters. The van der Waals surface area contributed by atoms with E-state index in [1.807, 2.05) is 24.3 Å². The molecule has 0 bridgehead atoms. The molecule has 86 valence electrons. The van der Waals surface area contributed by atoms with E-state index in [-0.39, 0.29) is 23.9 Å².